The van der Waals surface area contributed by atoms with Gasteiger partial charge in [0.2, 0.25) is 10.0 Å². The molecule has 5 heteroatoms. The number of sulfonamides is 1. The summed E-state index contributed by atoms with van der Waals surface area (Å²) in [5.41, 5.74) is 0. The fourth-order valence-corrected chi connectivity index (χ4v) is 2.61. The van der Waals surface area contributed by atoms with Crippen LogP contribution in [-0.2, 0) is 10.0 Å². The average molecular weight is 234 g/mol. The largest absolute Gasteiger partial charge is 0.303 e. The van der Waals surface area contributed by atoms with Gasteiger partial charge in [-0.15, -0.1) is 0 Å². The number of hydrogen-bond acceptors (Lipinski definition) is 3. The lowest BCUT2D eigenvalue weighted by molar-refractivity contribution is 0.297. The summed E-state index contributed by atoms with van der Waals surface area (Å²) in [4.78, 5) is 2.31. The summed E-state index contributed by atoms with van der Waals surface area (Å²) in [5.74, 6) is 0. The molecule has 4 nitrogen and oxygen atoms in total. The van der Waals surface area contributed by atoms with E-state index in [1.54, 1.807) is 13.8 Å². The summed E-state index contributed by atoms with van der Waals surface area (Å²) >= 11 is 0. The molecule has 1 saturated heterocycles. The molecular formula is C10H22N2O2S. The molecule has 1 aliphatic heterocycles. The second-order valence-electron chi connectivity index (χ2n) is 4.55. The zero-order chi connectivity index (χ0) is 11.5. The molecule has 0 bridgehead atoms. The van der Waals surface area contributed by atoms with E-state index in [0.717, 1.165) is 13.0 Å². The molecule has 0 spiro atoms. The molecule has 0 amide bonds. The summed E-state index contributed by atoms with van der Waals surface area (Å²) in [6.07, 6.45) is 3.35. The van der Waals surface area contributed by atoms with Crippen LogP contribution in [0.15, 0.2) is 0 Å². The Kier molecular flexibility index (Phi) is 4.55. The maximum absolute atomic E-state index is 11.5. The van der Waals surface area contributed by atoms with Crippen LogP contribution in [0.3, 0.4) is 0 Å². The molecule has 0 aliphatic carbocycles. The van der Waals surface area contributed by atoms with Crippen LogP contribution in [-0.4, -0.2) is 44.7 Å². The molecule has 1 N–H and O–H groups in total. The van der Waals surface area contributed by atoms with Crippen molar-refractivity contribution in [1.29, 1.82) is 0 Å². The SMILES string of the molecule is CC(C)S(=O)(=O)NCCC1CCCN1C. The van der Waals surface area contributed by atoms with Crippen molar-refractivity contribution in [2.75, 3.05) is 20.1 Å². The lowest BCUT2D eigenvalue weighted by Gasteiger charge is -2.19. The van der Waals surface area contributed by atoms with Gasteiger partial charge in [-0.1, -0.05) is 0 Å². The van der Waals surface area contributed by atoms with Crippen LogP contribution in [0.4, 0.5) is 0 Å². The van der Waals surface area contributed by atoms with E-state index in [2.05, 4.69) is 16.7 Å². The van der Waals surface area contributed by atoms with Gasteiger partial charge in [0.25, 0.3) is 0 Å². The van der Waals surface area contributed by atoms with Gasteiger partial charge in [0.1, 0.15) is 0 Å². The zero-order valence-electron chi connectivity index (χ0n) is 9.86. The van der Waals surface area contributed by atoms with Gasteiger partial charge in [-0.2, -0.15) is 0 Å². The van der Waals surface area contributed by atoms with Crippen molar-refractivity contribution in [3.05, 3.63) is 0 Å². The van der Waals surface area contributed by atoms with Crippen LogP contribution in [0.25, 0.3) is 0 Å². The summed E-state index contributed by atoms with van der Waals surface area (Å²) in [6, 6.07) is 0.555. The van der Waals surface area contributed by atoms with Gasteiger partial charge < -0.3 is 4.90 Å². The minimum absolute atomic E-state index is 0.334. The Hall–Kier alpha value is -0.130. The van der Waals surface area contributed by atoms with E-state index in [1.807, 2.05) is 0 Å². The number of nitrogens with one attached hydrogen (secondary N) is 1. The smallest absolute Gasteiger partial charge is 0.213 e. The Balaban J connectivity index is 2.27. The molecule has 0 saturated carbocycles. The van der Waals surface area contributed by atoms with Crippen molar-refractivity contribution >= 4 is 10.0 Å². The molecule has 1 aliphatic rings. The van der Waals surface area contributed by atoms with Crippen molar-refractivity contribution in [2.24, 2.45) is 0 Å². The molecule has 0 radical (unpaired) electrons. The third-order valence-corrected chi connectivity index (χ3v) is 4.92. The van der Waals surface area contributed by atoms with Crippen molar-refractivity contribution in [3.63, 3.8) is 0 Å². The Bertz CT molecular complexity index is 288. The Morgan fingerprint density at radius 1 is 1.47 bits per heavy atom. The summed E-state index contributed by atoms with van der Waals surface area (Å²) in [5, 5.41) is -0.334. The summed E-state index contributed by atoms with van der Waals surface area (Å²) < 4.78 is 25.6. The first-order valence-electron chi connectivity index (χ1n) is 5.62. The first-order valence-corrected chi connectivity index (χ1v) is 7.17. The summed E-state index contributed by atoms with van der Waals surface area (Å²) in [7, 11) is -0.970. The minimum atomic E-state index is -3.08. The molecule has 90 valence electrons. The van der Waals surface area contributed by atoms with Crippen LogP contribution in [0.1, 0.15) is 33.1 Å². The Morgan fingerprint density at radius 3 is 2.60 bits per heavy atom. The number of hydrogen-bond donors (Lipinski definition) is 1. The van der Waals surface area contributed by atoms with Gasteiger partial charge >= 0.3 is 0 Å². The maximum Gasteiger partial charge on any atom is 0.213 e. The quantitative estimate of drug-likeness (QED) is 0.765. The van der Waals surface area contributed by atoms with Crippen LogP contribution >= 0.6 is 0 Å². The molecule has 1 heterocycles. The molecular weight excluding hydrogens is 212 g/mol. The first kappa shape index (κ1) is 12.9. The lowest BCUT2D eigenvalue weighted by atomic mass is 10.1. The van der Waals surface area contributed by atoms with E-state index < -0.39 is 10.0 Å². The second-order valence-corrected chi connectivity index (χ2v) is 6.87. The average Bonchev–Trinajstić information content (AvgIpc) is 2.51. The third kappa shape index (κ3) is 3.74. The van der Waals surface area contributed by atoms with E-state index >= 15 is 0 Å². The summed E-state index contributed by atoms with van der Waals surface area (Å²) in [6.45, 7) is 5.10. The van der Waals surface area contributed by atoms with Gasteiger partial charge in [-0.3, -0.25) is 0 Å². The highest BCUT2D eigenvalue weighted by atomic mass is 32.2. The molecule has 1 rings (SSSR count). The third-order valence-electron chi connectivity index (χ3n) is 3.07. The predicted octanol–water partition coefficient (Wildman–Crippen LogP) is 0.798. The van der Waals surface area contributed by atoms with Crippen LogP contribution < -0.4 is 4.72 Å². The van der Waals surface area contributed by atoms with E-state index in [9.17, 15) is 8.42 Å². The van der Waals surface area contributed by atoms with Crippen molar-refractivity contribution < 1.29 is 8.42 Å². The monoisotopic (exact) mass is 234 g/mol. The molecule has 1 atom stereocenters. The maximum atomic E-state index is 11.5. The van der Waals surface area contributed by atoms with Crippen molar-refractivity contribution in [1.82, 2.24) is 9.62 Å². The number of nitrogens with zero attached hydrogens (tertiary/aromatic N) is 1. The van der Waals surface area contributed by atoms with Crippen LogP contribution in [0, 0.1) is 0 Å². The van der Waals surface area contributed by atoms with Gasteiger partial charge in [0.05, 0.1) is 5.25 Å². The zero-order valence-corrected chi connectivity index (χ0v) is 10.7. The van der Waals surface area contributed by atoms with E-state index in [4.69, 9.17) is 0 Å². The molecule has 15 heavy (non-hydrogen) atoms. The Morgan fingerprint density at radius 2 is 2.13 bits per heavy atom. The lowest BCUT2D eigenvalue weighted by Crippen LogP contribution is -2.35. The number of likely N-dealkylation sites (tertiary alicyclic amines) is 1. The topological polar surface area (TPSA) is 49.4 Å². The van der Waals surface area contributed by atoms with Crippen molar-refractivity contribution in [2.45, 2.75) is 44.4 Å². The fourth-order valence-electron chi connectivity index (χ4n) is 1.88. The van der Waals surface area contributed by atoms with Crippen LogP contribution in [0.5, 0.6) is 0 Å². The number of rotatable bonds is 5. The first-order chi connectivity index (χ1) is 6.93. The minimum Gasteiger partial charge on any atom is -0.303 e. The molecule has 0 aromatic rings. The van der Waals surface area contributed by atoms with Crippen molar-refractivity contribution in [3.8, 4) is 0 Å². The highest BCUT2D eigenvalue weighted by Gasteiger charge is 2.21. The molecule has 0 aromatic carbocycles. The standard InChI is InChI=1S/C10H22N2O2S/c1-9(2)15(13,14)11-7-6-10-5-4-8-12(10)3/h9-11H,4-8H2,1-3H3. The van der Waals surface area contributed by atoms with E-state index in [-0.39, 0.29) is 5.25 Å². The molecule has 0 aromatic heterocycles. The van der Waals surface area contributed by atoms with E-state index in [1.165, 1.54) is 12.8 Å². The molecule has 1 fully saturated rings. The second kappa shape index (κ2) is 5.27. The van der Waals surface area contributed by atoms with Gasteiger partial charge in [0, 0.05) is 12.6 Å². The highest BCUT2D eigenvalue weighted by molar-refractivity contribution is 7.90. The van der Waals surface area contributed by atoms with Gasteiger partial charge in [-0.25, -0.2) is 13.1 Å². The fraction of sp³-hybridized carbons (Fsp3) is 1.00. The predicted molar refractivity (Wildman–Crippen MR) is 62.3 cm³/mol. The van der Waals surface area contributed by atoms with Gasteiger partial charge in [-0.05, 0) is 46.7 Å². The van der Waals surface area contributed by atoms with Gasteiger partial charge in [0.15, 0.2) is 0 Å². The van der Waals surface area contributed by atoms with E-state index in [0.29, 0.717) is 12.6 Å². The normalized spacial score (nSPS) is 23.9. The highest BCUT2D eigenvalue weighted by Crippen LogP contribution is 2.17. The molecule has 1 unspecified atom stereocenters. The Labute approximate surface area is 93.1 Å². The van der Waals surface area contributed by atoms with Crippen LogP contribution in [0.2, 0.25) is 0 Å².